The van der Waals surface area contributed by atoms with Crippen molar-refractivity contribution in [2.75, 3.05) is 26.2 Å². The molecule has 2 aromatic carbocycles. The Kier molecular flexibility index (Phi) is 6.07. The maximum absolute atomic E-state index is 12.7. The highest BCUT2D eigenvalue weighted by atomic mass is 35.5. The second kappa shape index (κ2) is 8.34. The number of rotatable bonds is 3. The molecule has 7 nitrogen and oxygen atoms in total. The third-order valence-electron chi connectivity index (χ3n) is 4.42. The van der Waals surface area contributed by atoms with Gasteiger partial charge >= 0.3 is 0 Å². The van der Waals surface area contributed by atoms with Crippen LogP contribution in [-0.4, -0.2) is 52.7 Å². The summed E-state index contributed by atoms with van der Waals surface area (Å²) >= 11 is 17.9. The fourth-order valence-corrected chi connectivity index (χ4v) is 3.51. The molecule has 0 atom stereocenters. The van der Waals surface area contributed by atoms with Crippen molar-refractivity contribution in [3.63, 3.8) is 0 Å². The van der Waals surface area contributed by atoms with Crippen LogP contribution in [0.2, 0.25) is 15.1 Å². The summed E-state index contributed by atoms with van der Waals surface area (Å²) in [5, 5.41) is 11.9. The molecule has 0 spiro atoms. The van der Waals surface area contributed by atoms with Crippen molar-refractivity contribution in [2.45, 2.75) is 0 Å². The van der Waals surface area contributed by atoms with E-state index in [-0.39, 0.29) is 58.4 Å². The minimum Gasteiger partial charge on any atom is -0.335 e. The first-order valence-corrected chi connectivity index (χ1v) is 9.39. The number of carbonyl (C=O) groups excluding carboxylic acids is 2. The first-order valence-electron chi connectivity index (χ1n) is 8.26. The highest BCUT2D eigenvalue weighted by Crippen LogP contribution is 2.28. The molecule has 146 valence electrons. The van der Waals surface area contributed by atoms with Crippen LogP contribution in [0, 0.1) is 10.1 Å². The van der Waals surface area contributed by atoms with E-state index in [0.29, 0.717) is 5.56 Å². The molecule has 0 unspecified atom stereocenters. The second-order valence-electron chi connectivity index (χ2n) is 6.10. The molecule has 0 aromatic heterocycles. The molecule has 28 heavy (non-hydrogen) atoms. The molecular weight excluding hydrogens is 429 g/mol. The van der Waals surface area contributed by atoms with Gasteiger partial charge in [-0.3, -0.25) is 19.7 Å². The van der Waals surface area contributed by atoms with Crippen LogP contribution in [0.1, 0.15) is 20.7 Å². The summed E-state index contributed by atoms with van der Waals surface area (Å²) in [5.41, 5.74) is -0.0870. The molecule has 0 saturated carbocycles. The van der Waals surface area contributed by atoms with E-state index in [0.717, 1.165) is 6.07 Å². The van der Waals surface area contributed by atoms with Gasteiger partial charge in [-0.25, -0.2) is 0 Å². The normalized spacial score (nSPS) is 14.1. The summed E-state index contributed by atoms with van der Waals surface area (Å²) in [7, 11) is 0. The maximum atomic E-state index is 12.7. The Morgan fingerprint density at radius 1 is 0.893 bits per heavy atom. The maximum Gasteiger partial charge on any atom is 0.283 e. The van der Waals surface area contributed by atoms with Gasteiger partial charge in [0, 0.05) is 37.3 Å². The average Bonchev–Trinajstić information content (AvgIpc) is 2.69. The summed E-state index contributed by atoms with van der Waals surface area (Å²) in [6.45, 7) is 1.02. The number of nitro groups is 1. The summed E-state index contributed by atoms with van der Waals surface area (Å²) in [5.74, 6) is -0.756. The van der Waals surface area contributed by atoms with Crippen molar-refractivity contribution in [3.8, 4) is 0 Å². The van der Waals surface area contributed by atoms with Crippen molar-refractivity contribution in [1.29, 1.82) is 0 Å². The van der Waals surface area contributed by atoms with Crippen molar-refractivity contribution in [2.24, 2.45) is 0 Å². The largest absolute Gasteiger partial charge is 0.335 e. The Balaban J connectivity index is 1.72. The summed E-state index contributed by atoms with van der Waals surface area (Å²) in [6.07, 6.45) is 0. The summed E-state index contributed by atoms with van der Waals surface area (Å²) in [4.78, 5) is 39.0. The third kappa shape index (κ3) is 4.06. The van der Waals surface area contributed by atoms with Crippen LogP contribution in [0.3, 0.4) is 0 Å². The van der Waals surface area contributed by atoms with Gasteiger partial charge in [0.25, 0.3) is 17.5 Å². The van der Waals surface area contributed by atoms with Crippen LogP contribution in [0.4, 0.5) is 5.69 Å². The number of nitro benzene ring substituents is 1. The molecule has 2 amide bonds. The molecule has 1 aliphatic rings. The standard InChI is InChI=1S/C18H14Cl3N3O4/c19-11-4-5-12(15(10-11)24(27)28)17(25)22-6-8-23(9-7-22)18(26)13-2-1-3-14(20)16(13)21/h1-5,10H,6-9H2. The van der Waals surface area contributed by atoms with Crippen molar-refractivity contribution in [3.05, 3.63) is 72.7 Å². The SMILES string of the molecule is O=C(c1ccc(Cl)cc1[N+](=O)[O-])N1CCN(C(=O)c2cccc(Cl)c2Cl)CC1. The Hall–Kier alpha value is -2.35. The van der Waals surface area contributed by atoms with Crippen molar-refractivity contribution < 1.29 is 14.5 Å². The third-order valence-corrected chi connectivity index (χ3v) is 5.48. The lowest BCUT2D eigenvalue weighted by molar-refractivity contribution is -0.385. The van der Waals surface area contributed by atoms with Crippen molar-refractivity contribution in [1.82, 2.24) is 9.80 Å². The molecular formula is C18H14Cl3N3O4. The second-order valence-corrected chi connectivity index (χ2v) is 7.33. The van der Waals surface area contributed by atoms with Gasteiger partial charge in [0.2, 0.25) is 0 Å². The van der Waals surface area contributed by atoms with Crippen LogP contribution >= 0.6 is 34.8 Å². The molecule has 10 heteroatoms. The predicted octanol–water partition coefficient (Wildman–Crippen LogP) is 4.15. The summed E-state index contributed by atoms with van der Waals surface area (Å²) in [6, 6.07) is 8.74. The predicted molar refractivity (Wildman–Crippen MR) is 106 cm³/mol. The van der Waals surface area contributed by atoms with E-state index in [4.69, 9.17) is 34.8 Å². The minimum atomic E-state index is -0.639. The molecule has 1 aliphatic heterocycles. The Morgan fingerprint density at radius 2 is 1.46 bits per heavy atom. The topological polar surface area (TPSA) is 83.8 Å². The van der Waals surface area contributed by atoms with Gasteiger partial charge in [-0.05, 0) is 24.3 Å². The molecule has 0 aliphatic carbocycles. The highest BCUT2D eigenvalue weighted by molar-refractivity contribution is 6.43. The zero-order valence-corrected chi connectivity index (χ0v) is 16.7. The van der Waals surface area contributed by atoms with Gasteiger partial charge in [0.05, 0.1) is 20.5 Å². The van der Waals surface area contributed by atoms with E-state index in [9.17, 15) is 19.7 Å². The van der Waals surface area contributed by atoms with Gasteiger partial charge in [0.15, 0.2) is 0 Å². The fraction of sp³-hybridized carbons (Fsp3) is 0.222. The lowest BCUT2D eigenvalue weighted by Gasteiger charge is -2.35. The Morgan fingerprint density at radius 3 is 2.04 bits per heavy atom. The van der Waals surface area contributed by atoms with E-state index in [1.54, 1.807) is 23.1 Å². The lowest BCUT2D eigenvalue weighted by atomic mass is 10.1. The van der Waals surface area contributed by atoms with E-state index >= 15 is 0 Å². The van der Waals surface area contributed by atoms with Crippen LogP contribution < -0.4 is 0 Å². The molecule has 0 bridgehead atoms. The van der Waals surface area contributed by atoms with Crippen LogP contribution in [0.15, 0.2) is 36.4 Å². The molecule has 3 rings (SSSR count). The van der Waals surface area contributed by atoms with Crippen molar-refractivity contribution >= 4 is 52.3 Å². The van der Waals surface area contributed by atoms with Crippen LogP contribution in [0.5, 0.6) is 0 Å². The lowest BCUT2D eigenvalue weighted by Crippen LogP contribution is -2.50. The monoisotopic (exact) mass is 441 g/mol. The zero-order chi connectivity index (χ0) is 20.4. The number of halogens is 3. The molecule has 1 fully saturated rings. The van der Waals surface area contributed by atoms with Gasteiger partial charge in [-0.15, -0.1) is 0 Å². The first kappa shape index (κ1) is 20.4. The van der Waals surface area contributed by atoms with E-state index in [1.165, 1.54) is 17.0 Å². The molecule has 0 N–H and O–H groups in total. The molecule has 0 radical (unpaired) electrons. The van der Waals surface area contributed by atoms with E-state index in [1.807, 2.05) is 0 Å². The quantitative estimate of drug-likeness (QED) is 0.528. The number of benzene rings is 2. The van der Waals surface area contributed by atoms with Crippen LogP contribution in [0.25, 0.3) is 0 Å². The van der Waals surface area contributed by atoms with Gasteiger partial charge in [-0.2, -0.15) is 0 Å². The van der Waals surface area contributed by atoms with E-state index < -0.39 is 10.8 Å². The minimum absolute atomic E-state index is 0.0351. The number of piperazine rings is 1. The van der Waals surface area contributed by atoms with Gasteiger partial charge in [-0.1, -0.05) is 40.9 Å². The number of carbonyl (C=O) groups is 2. The number of hydrogen-bond donors (Lipinski definition) is 0. The van der Waals surface area contributed by atoms with Crippen LogP contribution in [-0.2, 0) is 0 Å². The zero-order valence-electron chi connectivity index (χ0n) is 14.4. The highest BCUT2D eigenvalue weighted by Gasteiger charge is 2.30. The molecule has 2 aromatic rings. The summed E-state index contributed by atoms with van der Waals surface area (Å²) < 4.78 is 0. The molecule has 1 heterocycles. The van der Waals surface area contributed by atoms with Gasteiger partial charge < -0.3 is 9.80 Å². The average molecular weight is 443 g/mol. The Labute approximate surface area is 175 Å². The van der Waals surface area contributed by atoms with E-state index in [2.05, 4.69) is 0 Å². The number of nitrogens with zero attached hydrogens (tertiary/aromatic N) is 3. The molecule has 1 saturated heterocycles. The number of amides is 2. The Bertz CT molecular complexity index is 959. The van der Waals surface area contributed by atoms with Gasteiger partial charge in [0.1, 0.15) is 5.56 Å². The first-order chi connectivity index (χ1) is 13.3. The smallest absolute Gasteiger partial charge is 0.283 e. The number of hydrogen-bond acceptors (Lipinski definition) is 4. The fourth-order valence-electron chi connectivity index (χ4n) is 2.96.